The van der Waals surface area contributed by atoms with Crippen molar-refractivity contribution in [1.29, 1.82) is 0 Å². The first-order chi connectivity index (χ1) is 4.25. The van der Waals surface area contributed by atoms with Gasteiger partial charge < -0.3 is 11.5 Å². The highest BCUT2D eigenvalue weighted by atomic mass is 14.8. The van der Waals surface area contributed by atoms with Gasteiger partial charge in [-0.15, -0.1) is 0 Å². The minimum Gasteiger partial charge on any atom is -0.326 e. The molecule has 3 unspecified atom stereocenters. The van der Waals surface area contributed by atoms with Crippen LogP contribution in [0.25, 0.3) is 0 Å². The van der Waals surface area contributed by atoms with Gasteiger partial charge in [0.25, 0.3) is 0 Å². The van der Waals surface area contributed by atoms with Crippen molar-refractivity contribution in [3.05, 3.63) is 0 Å². The smallest absolute Gasteiger partial charge is 0.0220 e. The monoisotopic (exact) mass is 128 g/mol. The first-order valence-corrected chi connectivity index (χ1v) is 3.77. The zero-order chi connectivity index (χ0) is 6.85. The van der Waals surface area contributed by atoms with E-state index in [1.807, 2.05) is 0 Å². The maximum atomic E-state index is 5.81. The van der Waals surface area contributed by atoms with Gasteiger partial charge in [-0.05, 0) is 18.8 Å². The lowest BCUT2D eigenvalue weighted by atomic mass is 10.0. The number of hydrogen-bond acceptors (Lipinski definition) is 2. The van der Waals surface area contributed by atoms with Gasteiger partial charge in [0.2, 0.25) is 0 Å². The fourth-order valence-electron chi connectivity index (χ4n) is 1.62. The van der Waals surface area contributed by atoms with Crippen LogP contribution in [0.15, 0.2) is 0 Å². The Morgan fingerprint density at radius 3 is 2.22 bits per heavy atom. The molecule has 2 nitrogen and oxygen atoms in total. The molecule has 0 aromatic heterocycles. The summed E-state index contributed by atoms with van der Waals surface area (Å²) in [7, 11) is 0. The SMILES string of the molecule is CCC1CCC(N)C1N. The topological polar surface area (TPSA) is 52.0 Å². The first kappa shape index (κ1) is 7.03. The number of nitrogens with two attached hydrogens (primary N) is 2. The molecule has 0 aromatic carbocycles. The minimum absolute atomic E-state index is 0.273. The Labute approximate surface area is 56.6 Å². The van der Waals surface area contributed by atoms with Gasteiger partial charge >= 0.3 is 0 Å². The molecule has 2 heteroatoms. The molecule has 0 aliphatic heterocycles. The highest BCUT2D eigenvalue weighted by molar-refractivity contribution is 4.89. The van der Waals surface area contributed by atoms with Gasteiger partial charge in [-0.1, -0.05) is 13.3 Å². The standard InChI is InChI=1S/C7H16N2/c1-2-5-3-4-6(8)7(5)9/h5-7H,2-4,8-9H2,1H3. The molecule has 4 N–H and O–H groups in total. The van der Waals surface area contributed by atoms with Crippen molar-refractivity contribution in [3.8, 4) is 0 Å². The fourth-order valence-corrected chi connectivity index (χ4v) is 1.62. The van der Waals surface area contributed by atoms with Crippen LogP contribution in [0.2, 0.25) is 0 Å². The van der Waals surface area contributed by atoms with Gasteiger partial charge in [0.15, 0.2) is 0 Å². The number of hydrogen-bond donors (Lipinski definition) is 2. The molecule has 9 heavy (non-hydrogen) atoms. The average Bonchev–Trinajstić information content (AvgIpc) is 2.15. The molecule has 0 saturated heterocycles. The summed E-state index contributed by atoms with van der Waals surface area (Å²) in [5, 5.41) is 0. The molecule has 0 bridgehead atoms. The normalized spacial score (nSPS) is 43.7. The van der Waals surface area contributed by atoms with Crippen molar-refractivity contribution >= 4 is 0 Å². The van der Waals surface area contributed by atoms with Crippen LogP contribution in [0.5, 0.6) is 0 Å². The Kier molecular flexibility index (Phi) is 2.09. The molecule has 1 saturated carbocycles. The Bertz CT molecular complexity index is 92.9. The van der Waals surface area contributed by atoms with Crippen molar-refractivity contribution in [1.82, 2.24) is 0 Å². The molecule has 0 aromatic rings. The van der Waals surface area contributed by atoms with E-state index in [9.17, 15) is 0 Å². The predicted octanol–water partition coefficient (Wildman–Crippen LogP) is 0.461. The second-order valence-corrected chi connectivity index (χ2v) is 2.99. The van der Waals surface area contributed by atoms with E-state index in [0.717, 1.165) is 6.42 Å². The summed E-state index contributed by atoms with van der Waals surface area (Å²) in [4.78, 5) is 0. The van der Waals surface area contributed by atoms with Crippen LogP contribution in [0.4, 0.5) is 0 Å². The van der Waals surface area contributed by atoms with E-state index in [0.29, 0.717) is 5.92 Å². The van der Waals surface area contributed by atoms with E-state index in [4.69, 9.17) is 11.5 Å². The third-order valence-electron chi connectivity index (χ3n) is 2.43. The van der Waals surface area contributed by atoms with Crippen LogP contribution >= 0.6 is 0 Å². The van der Waals surface area contributed by atoms with Gasteiger partial charge in [-0.2, -0.15) is 0 Å². The van der Waals surface area contributed by atoms with E-state index >= 15 is 0 Å². The minimum atomic E-state index is 0.273. The molecular formula is C7H16N2. The molecule has 54 valence electrons. The highest BCUT2D eigenvalue weighted by Gasteiger charge is 2.28. The summed E-state index contributed by atoms with van der Waals surface area (Å²) in [5.74, 6) is 0.694. The number of rotatable bonds is 1. The lowest BCUT2D eigenvalue weighted by Gasteiger charge is -2.15. The molecular weight excluding hydrogens is 112 g/mol. The molecule has 1 aliphatic carbocycles. The lowest BCUT2D eigenvalue weighted by Crippen LogP contribution is -2.40. The summed E-state index contributed by atoms with van der Waals surface area (Å²) in [6.45, 7) is 2.18. The van der Waals surface area contributed by atoms with Crippen LogP contribution in [-0.2, 0) is 0 Å². The van der Waals surface area contributed by atoms with E-state index in [-0.39, 0.29) is 12.1 Å². The summed E-state index contributed by atoms with van der Waals surface area (Å²) in [6, 6.07) is 0.546. The van der Waals surface area contributed by atoms with E-state index in [1.165, 1.54) is 12.8 Å². The third kappa shape index (κ3) is 1.25. The molecule has 1 fully saturated rings. The van der Waals surface area contributed by atoms with Crippen molar-refractivity contribution in [3.63, 3.8) is 0 Å². The van der Waals surface area contributed by atoms with Crippen molar-refractivity contribution in [2.24, 2.45) is 17.4 Å². The summed E-state index contributed by atoms with van der Waals surface area (Å²) in [5.41, 5.74) is 11.5. The Morgan fingerprint density at radius 2 is 2.00 bits per heavy atom. The zero-order valence-electron chi connectivity index (χ0n) is 6.01. The first-order valence-electron chi connectivity index (χ1n) is 3.77. The third-order valence-corrected chi connectivity index (χ3v) is 2.43. The van der Waals surface area contributed by atoms with Crippen LogP contribution < -0.4 is 11.5 Å². The molecule has 0 amide bonds. The van der Waals surface area contributed by atoms with Gasteiger partial charge in [-0.25, -0.2) is 0 Å². The maximum Gasteiger partial charge on any atom is 0.0220 e. The van der Waals surface area contributed by atoms with Crippen LogP contribution in [-0.4, -0.2) is 12.1 Å². The van der Waals surface area contributed by atoms with Crippen LogP contribution in [0.1, 0.15) is 26.2 Å². The quantitative estimate of drug-likeness (QED) is 0.539. The summed E-state index contributed by atoms with van der Waals surface area (Å²) < 4.78 is 0. The van der Waals surface area contributed by atoms with Crippen molar-refractivity contribution in [2.45, 2.75) is 38.3 Å². The van der Waals surface area contributed by atoms with Crippen molar-refractivity contribution in [2.75, 3.05) is 0 Å². The lowest BCUT2D eigenvalue weighted by molar-refractivity contribution is 0.447. The van der Waals surface area contributed by atoms with Gasteiger partial charge in [0, 0.05) is 12.1 Å². The summed E-state index contributed by atoms with van der Waals surface area (Å²) in [6.07, 6.45) is 3.55. The summed E-state index contributed by atoms with van der Waals surface area (Å²) >= 11 is 0. The van der Waals surface area contributed by atoms with Crippen molar-refractivity contribution < 1.29 is 0 Å². The van der Waals surface area contributed by atoms with E-state index in [1.54, 1.807) is 0 Å². The van der Waals surface area contributed by atoms with Gasteiger partial charge in [-0.3, -0.25) is 0 Å². The molecule has 1 rings (SSSR count). The van der Waals surface area contributed by atoms with E-state index in [2.05, 4.69) is 6.92 Å². The van der Waals surface area contributed by atoms with E-state index < -0.39 is 0 Å². The predicted molar refractivity (Wildman–Crippen MR) is 39.0 cm³/mol. The largest absolute Gasteiger partial charge is 0.326 e. The van der Waals surface area contributed by atoms with Crippen LogP contribution in [0, 0.1) is 5.92 Å². The molecule has 0 spiro atoms. The van der Waals surface area contributed by atoms with Crippen LogP contribution in [0.3, 0.4) is 0 Å². The highest BCUT2D eigenvalue weighted by Crippen LogP contribution is 2.25. The van der Waals surface area contributed by atoms with Gasteiger partial charge in [0.05, 0.1) is 0 Å². The fraction of sp³-hybridized carbons (Fsp3) is 1.00. The zero-order valence-corrected chi connectivity index (χ0v) is 6.01. The maximum absolute atomic E-state index is 5.81. The molecule has 0 heterocycles. The Morgan fingerprint density at radius 1 is 1.33 bits per heavy atom. The molecule has 1 aliphatic rings. The Balaban J connectivity index is 2.41. The molecule has 3 atom stereocenters. The van der Waals surface area contributed by atoms with Gasteiger partial charge in [0.1, 0.15) is 0 Å². The second-order valence-electron chi connectivity index (χ2n) is 2.99. The molecule has 0 radical (unpaired) electrons. The Hall–Kier alpha value is -0.0800. The second kappa shape index (κ2) is 2.67. The average molecular weight is 128 g/mol.